The van der Waals surface area contributed by atoms with Crippen molar-refractivity contribution >= 4 is 17.2 Å². The number of rotatable bonds is 7. The van der Waals surface area contributed by atoms with Crippen molar-refractivity contribution in [3.63, 3.8) is 0 Å². The van der Waals surface area contributed by atoms with Crippen LogP contribution in [-0.2, 0) is 6.42 Å². The van der Waals surface area contributed by atoms with Gasteiger partial charge >= 0.3 is 0 Å². The van der Waals surface area contributed by atoms with Gasteiger partial charge in [-0.1, -0.05) is 75.9 Å². The molecular weight excluding hydrogens is 390 g/mol. The number of nitrogens with zero attached hydrogens (tertiary/aromatic N) is 3. The smallest absolute Gasteiger partial charge is 0.115 e. The summed E-state index contributed by atoms with van der Waals surface area (Å²) in [5.74, 6) is 2.66. The minimum atomic E-state index is 0.513. The van der Waals surface area contributed by atoms with Gasteiger partial charge < -0.3 is 4.90 Å². The standard InChI is InChI=1S/C29H37N3/c1-3-5-13-24-17-19-28(30-24)31-25(14-6-4-2)18-20-29(31)32-26-15-9-7-11-22(26)21-23-12-8-10-16-27(23)32/h7-12,15-16,20,24-25H,3-6,13-14,17-19,21H2,1-2H3. The first-order valence-corrected chi connectivity index (χ1v) is 12.8. The van der Waals surface area contributed by atoms with Gasteiger partial charge in [-0.15, -0.1) is 0 Å². The molecule has 3 aliphatic heterocycles. The number of para-hydroxylation sites is 2. The average Bonchev–Trinajstić information content (AvgIpc) is 3.46. The zero-order chi connectivity index (χ0) is 21.9. The third-order valence-corrected chi connectivity index (χ3v) is 7.35. The van der Waals surface area contributed by atoms with E-state index < -0.39 is 0 Å². The maximum absolute atomic E-state index is 5.30. The van der Waals surface area contributed by atoms with Crippen LogP contribution in [0.5, 0.6) is 0 Å². The Morgan fingerprint density at radius 2 is 1.53 bits per heavy atom. The summed E-state index contributed by atoms with van der Waals surface area (Å²) in [6.45, 7) is 4.59. The Kier molecular flexibility index (Phi) is 6.34. The molecule has 3 heteroatoms. The maximum atomic E-state index is 5.30. The van der Waals surface area contributed by atoms with Gasteiger partial charge in [-0.2, -0.15) is 0 Å². The van der Waals surface area contributed by atoms with Crippen LogP contribution in [0, 0.1) is 0 Å². The van der Waals surface area contributed by atoms with Crippen molar-refractivity contribution in [1.82, 2.24) is 4.90 Å². The second kappa shape index (κ2) is 9.52. The van der Waals surface area contributed by atoms with E-state index in [4.69, 9.17) is 4.99 Å². The topological polar surface area (TPSA) is 18.8 Å². The van der Waals surface area contributed by atoms with Crippen molar-refractivity contribution in [2.24, 2.45) is 4.99 Å². The van der Waals surface area contributed by atoms with Crippen LogP contribution in [0.2, 0.25) is 0 Å². The molecule has 2 aromatic rings. The van der Waals surface area contributed by atoms with Crippen LogP contribution in [0.25, 0.3) is 0 Å². The molecule has 3 aliphatic rings. The Balaban J connectivity index is 1.53. The summed E-state index contributed by atoms with van der Waals surface area (Å²) in [6.07, 6.45) is 14.5. The number of hydrogen-bond donors (Lipinski definition) is 0. The van der Waals surface area contributed by atoms with Crippen molar-refractivity contribution in [2.45, 2.75) is 90.1 Å². The number of aliphatic imine (C=N–C) groups is 1. The molecule has 0 fully saturated rings. The van der Waals surface area contributed by atoms with E-state index in [2.05, 4.69) is 78.3 Å². The van der Waals surface area contributed by atoms with Gasteiger partial charge in [0.1, 0.15) is 11.7 Å². The molecule has 0 saturated carbocycles. The second-order valence-corrected chi connectivity index (χ2v) is 9.61. The van der Waals surface area contributed by atoms with Gasteiger partial charge in [0.15, 0.2) is 0 Å². The molecule has 2 unspecified atom stereocenters. The summed E-state index contributed by atoms with van der Waals surface area (Å²) in [6, 6.07) is 18.9. The number of hydrogen-bond acceptors (Lipinski definition) is 3. The summed E-state index contributed by atoms with van der Waals surface area (Å²) < 4.78 is 0. The monoisotopic (exact) mass is 427 g/mol. The van der Waals surface area contributed by atoms with E-state index >= 15 is 0 Å². The summed E-state index contributed by atoms with van der Waals surface area (Å²) in [5.41, 5.74) is 5.50. The van der Waals surface area contributed by atoms with E-state index in [9.17, 15) is 0 Å². The van der Waals surface area contributed by atoms with Crippen molar-refractivity contribution in [2.75, 3.05) is 4.90 Å². The van der Waals surface area contributed by atoms with Crippen molar-refractivity contribution < 1.29 is 0 Å². The van der Waals surface area contributed by atoms with Crippen LogP contribution in [0.4, 0.5) is 11.4 Å². The van der Waals surface area contributed by atoms with Crippen molar-refractivity contribution in [3.8, 4) is 0 Å². The van der Waals surface area contributed by atoms with Gasteiger partial charge in [0, 0.05) is 18.9 Å². The number of fused-ring (bicyclic) bond motifs is 2. The predicted octanol–water partition coefficient (Wildman–Crippen LogP) is 7.59. The fourth-order valence-corrected chi connectivity index (χ4v) is 5.67. The lowest BCUT2D eigenvalue weighted by Gasteiger charge is -2.40. The molecule has 0 aromatic heterocycles. The van der Waals surface area contributed by atoms with Crippen molar-refractivity contribution in [3.05, 3.63) is 71.6 Å². The molecule has 3 heterocycles. The molecule has 32 heavy (non-hydrogen) atoms. The van der Waals surface area contributed by atoms with E-state index in [-0.39, 0.29) is 0 Å². The molecular formula is C29H37N3. The molecule has 0 amide bonds. The van der Waals surface area contributed by atoms with E-state index in [0.29, 0.717) is 12.1 Å². The predicted molar refractivity (Wildman–Crippen MR) is 136 cm³/mol. The van der Waals surface area contributed by atoms with Crippen LogP contribution in [0.1, 0.15) is 82.8 Å². The highest BCUT2D eigenvalue weighted by molar-refractivity contribution is 5.89. The Bertz CT molecular complexity index is 959. The molecule has 0 N–H and O–H groups in total. The summed E-state index contributed by atoms with van der Waals surface area (Å²) in [4.78, 5) is 10.5. The van der Waals surface area contributed by atoms with E-state index in [1.165, 1.54) is 79.1 Å². The SMILES string of the molecule is CCCCC1CCC(N2C(N3c4ccccc4Cc4ccccc43)=CCC2CCCC)=N1. The molecule has 3 nitrogen and oxygen atoms in total. The third kappa shape index (κ3) is 3.98. The zero-order valence-electron chi connectivity index (χ0n) is 19.8. The lowest BCUT2D eigenvalue weighted by atomic mass is 9.95. The van der Waals surface area contributed by atoms with Crippen LogP contribution in [0.3, 0.4) is 0 Å². The highest BCUT2D eigenvalue weighted by atomic mass is 15.4. The van der Waals surface area contributed by atoms with Gasteiger partial charge in [-0.3, -0.25) is 9.89 Å². The van der Waals surface area contributed by atoms with Gasteiger partial charge in [0.25, 0.3) is 0 Å². The lowest BCUT2D eigenvalue weighted by molar-refractivity contribution is 0.368. The fraction of sp³-hybridized carbons (Fsp3) is 0.483. The van der Waals surface area contributed by atoms with Crippen molar-refractivity contribution in [1.29, 1.82) is 0 Å². The molecule has 0 bridgehead atoms. The summed E-state index contributed by atoms with van der Waals surface area (Å²) in [7, 11) is 0. The number of amidine groups is 1. The molecule has 0 aliphatic carbocycles. The minimum absolute atomic E-state index is 0.513. The summed E-state index contributed by atoms with van der Waals surface area (Å²) in [5, 5.41) is 0. The first-order valence-electron chi connectivity index (χ1n) is 12.8. The normalized spacial score (nSPS) is 21.9. The Morgan fingerprint density at radius 1 is 0.875 bits per heavy atom. The van der Waals surface area contributed by atoms with Gasteiger partial charge in [-0.25, -0.2) is 0 Å². The van der Waals surface area contributed by atoms with Gasteiger partial charge in [-0.05, 0) is 55.0 Å². The highest BCUT2D eigenvalue weighted by Crippen LogP contribution is 2.45. The first kappa shape index (κ1) is 21.3. The highest BCUT2D eigenvalue weighted by Gasteiger charge is 2.37. The Morgan fingerprint density at radius 3 is 2.22 bits per heavy atom. The minimum Gasteiger partial charge on any atom is -0.313 e. The molecule has 168 valence electrons. The molecule has 0 spiro atoms. The van der Waals surface area contributed by atoms with E-state index in [0.717, 1.165) is 19.3 Å². The van der Waals surface area contributed by atoms with E-state index in [1.54, 1.807) is 0 Å². The fourth-order valence-electron chi connectivity index (χ4n) is 5.67. The first-order chi connectivity index (χ1) is 15.8. The molecule has 0 saturated heterocycles. The Labute approximate surface area is 193 Å². The lowest BCUT2D eigenvalue weighted by Crippen LogP contribution is -2.41. The van der Waals surface area contributed by atoms with E-state index in [1.807, 2.05) is 0 Å². The number of unbranched alkanes of at least 4 members (excludes halogenated alkanes) is 2. The largest absolute Gasteiger partial charge is 0.313 e. The maximum Gasteiger partial charge on any atom is 0.115 e. The second-order valence-electron chi connectivity index (χ2n) is 9.61. The molecule has 5 rings (SSSR count). The number of anilines is 2. The molecule has 2 atom stereocenters. The molecule has 0 radical (unpaired) electrons. The quantitative estimate of drug-likeness (QED) is 0.453. The van der Waals surface area contributed by atoms with Crippen LogP contribution >= 0.6 is 0 Å². The average molecular weight is 428 g/mol. The van der Waals surface area contributed by atoms with Crippen LogP contribution in [-0.4, -0.2) is 22.8 Å². The van der Waals surface area contributed by atoms with Crippen LogP contribution in [0.15, 0.2) is 65.4 Å². The van der Waals surface area contributed by atoms with Gasteiger partial charge in [0.05, 0.1) is 17.4 Å². The zero-order valence-corrected chi connectivity index (χ0v) is 19.8. The third-order valence-electron chi connectivity index (χ3n) is 7.35. The molecule has 2 aromatic carbocycles. The van der Waals surface area contributed by atoms with Crippen LogP contribution < -0.4 is 4.90 Å². The number of benzene rings is 2. The van der Waals surface area contributed by atoms with Gasteiger partial charge in [0.2, 0.25) is 0 Å². The Hall–Kier alpha value is -2.55. The summed E-state index contributed by atoms with van der Waals surface area (Å²) >= 11 is 0.